The third-order valence-corrected chi connectivity index (χ3v) is 3.56. The fourth-order valence-corrected chi connectivity index (χ4v) is 1.83. The van der Waals surface area contributed by atoms with Crippen LogP contribution in [-0.2, 0) is 14.6 Å². The van der Waals surface area contributed by atoms with Crippen molar-refractivity contribution in [3.05, 3.63) is 24.3 Å². The molecule has 0 aliphatic rings. The van der Waals surface area contributed by atoms with Gasteiger partial charge >= 0.3 is 0 Å². The summed E-state index contributed by atoms with van der Waals surface area (Å²) in [5.41, 5.74) is 0.601. The number of carbonyl (C=O) groups is 1. The molecule has 1 amide bonds. The molecule has 0 aliphatic carbocycles. The number of sulfone groups is 1. The number of aliphatic hydroxyl groups is 1. The minimum Gasteiger partial charge on any atom is -0.380 e. The molecule has 0 unspecified atom stereocenters. The molecule has 0 aliphatic heterocycles. The molecule has 1 aromatic carbocycles. The average Bonchev–Trinajstić information content (AvgIpc) is 2.28. The van der Waals surface area contributed by atoms with Crippen LogP contribution in [0.4, 0.5) is 5.69 Å². The lowest BCUT2D eigenvalue weighted by atomic mass is 10.3. The van der Waals surface area contributed by atoms with Gasteiger partial charge in [-0.05, 0) is 24.3 Å². The molecular formula is C10H13NO4S. The van der Waals surface area contributed by atoms with Crippen LogP contribution in [0.5, 0.6) is 0 Å². The fraction of sp³-hybridized carbons (Fsp3) is 0.300. The Morgan fingerprint density at radius 1 is 1.31 bits per heavy atom. The maximum atomic E-state index is 11.3. The normalized spacial score (nSPS) is 11.2. The van der Waals surface area contributed by atoms with E-state index >= 15 is 0 Å². The lowest BCUT2D eigenvalue weighted by molar-refractivity contribution is -0.116. The minimum atomic E-state index is -3.61. The predicted octanol–water partition coefficient (Wildman–Crippen LogP) is 0.393. The van der Waals surface area contributed by atoms with Crippen molar-refractivity contribution in [3.63, 3.8) is 0 Å². The van der Waals surface area contributed by atoms with Crippen molar-refractivity contribution in [1.29, 1.82) is 0 Å². The van der Waals surface area contributed by atoms with Crippen molar-refractivity contribution in [2.24, 2.45) is 0 Å². The summed E-state index contributed by atoms with van der Waals surface area (Å²) in [7, 11) is -2.01. The van der Waals surface area contributed by atoms with Gasteiger partial charge in [-0.25, -0.2) is 8.42 Å². The van der Waals surface area contributed by atoms with Crippen LogP contribution < -0.4 is 4.90 Å². The summed E-state index contributed by atoms with van der Waals surface area (Å²) in [5, 5.41) is 8.66. The van der Waals surface area contributed by atoms with Crippen molar-refractivity contribution < 1.29 is 18.3 Å². The Labute approximate surface area is 94.2 Å². The van der Waals surface area contributed by atoms with Crippen LogP contribution in [0, 0.1) is 0 Å². The zero-order valence-corrected chi connectivity index (χ0v) is 9.86. The lowest BCUT2D eigenvalue weighted by Gasteiger charge is -2.14. The number of rotatable bonds is 3. The molecule has 0 saturated heterocycles. The van der Waals surface area contributed by atoms with Crippen LogP contribution >= 0.6 is 0 Å². The second-order valence-corrected chi connectivity index (χ2v) is 5.27. The highest BCUT2D eigenvalue weighted by Crippen LogP contribution is 2.17. The number of anilines is 1. The first-order chi connectivity index (χ1) is 7.38. The van der Waals surface area contributed by atoms with Crippen molar-refractivity contribution in [1.82, 2.24) is 0 Å². The van der Waals surface area contributed by atoms with Gasteiger partial charge in [0.25, 0.3) is 0 Å². The first-order valence-corrected chi connectivity index (χ1v) is 6.21. The Bertz CT molecular complexity index is 478. The molecule has 1 aromatic rings. The van der Waals surface area contributed by atoms with E-state index in [1.54, 1.807) is 7.05 Å². The molecule has 0 aromatic heterocycles. The largest absolute Gasteiger partial charge is 0.380 e. The van der Waals surface area contributed by atoms with Gasteiger partial charge in [-0.15, -0.1) is 0 Å². The molecule has 0 atom stereocenters. The van der Waals surface area contributed by atoms with Gasteiger partial charge < -0.3 is 10.0 Å². The van der Waals surface area contributed by atoms with Gasteiger partial charge in [0, 0.05) is 19.7 Å². The van der Waals surface area contributed by atoms with Gasteiger partial charge in [0.2, 0.25) is 15.7 Å². The van der Waals surface area contributed by atoms with Crippen LogP contribution in [-0.4, -0.2) is 32.4 Å². The maximum Gasteiger partial charge on any atom is 0.223 e. The lowest BCUT2D eigenvalue weighted by Crippen LogP contribution is -2.22. The topological polar surface area (TPSA) is 74.7 Å². The molecule has 0 heterocycles. The summed E-state index contributed by atoms with van der Waals surface area (Å²) < 4.78 is 22.6. The van der Waals surface area contributed by atoms with E-state index in [9.17, 15) is 13.2 Å². The first kappa shape index (κ1) is 12.7. The van der Waals surface area contributed by atoms with E-state index in [0.717, 1.165) is 0 Å². The second-order valence-electron chi connectivity index (χ2n) is 3.32. The van der Waals surface area contributed by atoms with Gasteiger partial charge in [0.05, 0.1) is 4.90 Å². The fourth-order valence-electron chi connectivity index (χ4n) is 1.13. The van der Waals surface area contributed by atoms with Gasteiger partial charge in [-0.3, -0.25) is 4.79 Å². The summed E-state index contributed by atoms with van der Waals surface area (Å²) in [6.45, 7) is 1.42. The van der Waals surface area contributed by atoms with Crippen molar-refractivity contribution in [2.75, 3.05) is 17.9 Å². The Kier molecular flexibility index (Phi) is 3.66. The average molecular weight is 243 g/mol. The number of benzene rings is 1. The van der Waals surface area contributed by atoms with Crippen LogP contribution in [0.25, 0.3) is 0 Å². The summed E-state index contributed by atoms with van der Waals surface area (Å²) in [6.07, 6.45) is 0. The third kappa shape index (κ3) is 2.59. The van der Waals surface area contributed by atoms with E-state index in [1.807, 2.05) is 0 Å². The van der Waals surface area contributed by atoms with Crippen LogP contribution in [0.1, 0.15) is 6.92 Å². The smallest absolute Gasteiger partial charge is 0.223 e. The highest BCUT2D eigenvalue weighted by molar-refractivity contribution is 7.91. The van der Waals surface area contributed by atoms with Crippen molar-refractivity contribution in [2.45, 2.75) is 11.8 Å². The standard InChI is InChI=1S/C10H13NO4S/c1-8(13)11(2)9-3-5-10(6-4-9)16(14,15)7-12/h3-6,12H,7H2,1-2H3. The van der Waals surface area contributed by atoms with E-state index < -0.39 is 15.8 Å². The molecular weight excluding hydrogens is 230 g/mol. The van der Waals surface area contributed by atoms with Gasteiger partial charge in [-0.1, -0.05) is 0 Å². The summed E-state index contributed by atoms with van der Waals surface area (Å²) >= 11 is 0. The maximum absolute atomic E-state index is 11.3. The van der Waals surface area contributed by atoms with Crippen LogP contribution in [0.2, 0.25) is 0 Å². The molecule has 0 saturated carbocycles. The Morgan fingerprint density at radius 2 is 1.81 bits per heavy atom. The highest BCUT2D eigenvalue weighted by atomic mass is 32.2. The number of carbonyl (C=O) groups excluding carboxylic acids is 1. The van der Waals surface area contributed by atoms with E-state index in [1.165, 1.54) is 36.1 Å². The number of amides is 1. The number of nitrogens with zero attached hydrogens (tertiary/aromatic N) is 1. The zero-order valence-electron chi connectivity index (χ0n) is 9.04. The summed E-state index contributed by atoms with van der Waals surface area (Å²) in [5.74, 6) is -1.06. The number of hydrogen-bond acceptors (Lipinski definition) is 4. The molecule has 16 heavy (non-hydrogen) atoms. The van der Waals surface area contributed by atoms with Gasteiger partial charge in [0.1, 0.15) is 5.94 Å². The second kappa shape index (κ2) is 4.63. The molecule has 6 heteroatoms. The summed E-state index contributed by atoms with van der Waals surface area (Å²) in [6, 6.07) is 5.76. The first-order valence-electron chi connectivity index (χ1n) is 4.56. The molecule has 1 N–H and O–H groups in total. The molecule has 1 rings (SSSR count). The van der Waals surface area contributed by atoms with E-state index in [2.05, 4.69) is 0 Å². The molecule has 0 radical (unpaired) electrons. The molecule has 0 spiro atoms. The Morgan fingerprint density at radius 3 is 2.19 bits per heavy atom. The summed E-state index contributed by atoms with van der Waals surface area (Å²) in [4.78, 5) is 12.5. The molecule has 88 valence electrons. The number of hydrogen-bond donors (Lipinski definition) is 1. The van der Waals surface area contributed by atoms with Crippen LogP contribution in [0.3, 0.4) is 0 Å². The van der Waals surface area contributed by atoms with Crippen molar-refractivity contribution in [3.8, 4) is 0 Å². The van der Waals surface area contributed by atoms with Crippen LogP contribution in [0.15, 0.2) is 29.2 Å². The van der Waals surface area contributed by atoms with Crippen molar-refractivity contribution >= 4 is 21.4 Å². The van der Waals surface area contributed by atoms with E-state index in [4.69, 9.17) is 5.11 Å². The third-order valence-electron chi connectivity index (χ3n) is 2.23. The van der Waals surface area contributed by atoms with Gasteiger partial charge in [0.15, 0.2) is 0 Å². The molecule has 5 nitrogen and oxygen atoms in total. The Hall–Kier alpha value is -1.40. The van der Waals surface area contributed by atoms with Gasteiger partial charge in [-0.2, -0.15) is 0 Å². The zero-order chi connectivity index (χ0) is 12.3. The van der Waals surface area contributed by atoms with E-state index in [0.29, 0.717) is 5.69 Å². The highest BCUT2D eigenvalue weighted by Gasteiger charge is 2.13. The molecule has 0 bridgehead atoms. The van der Waals surface area contributed by atoms with E-state index in [-0.39, 0.29) is 10.8 Å². The Balaban J connectivity index is 3.05. The predicted molar refractivity (Wildman–Crippen MR) is 59.8 cm³/mol. The monoisotopic (exact) mass is 243 g/mol. The number of aliphatic hydroxyl groups excluding tert-OH is 1. The quantitative estimate of drug-likeness (QED) is 0.833. The SMILES string of the molecule is CC(=O)N(C)c1ccc(S(=O)(=O)CO)cc1. The molecule has 0 fully saturated rings. The minimum absolute atomic E-state index is 0.0377.